The molecule has 0 atom stereocenters. The Kier molecular flexibility index (Phi) is 4.74. The van der Waals surface area contributed by atoms with Gasteiger partial charge in [-0.1, -0.05) is 0 Å². The lowest BCUT2D eigenvalue weighted by atomic mass is 10.2. The summed E-state index contributed by atoms with van der Waals surface area (Å²) in [5.41, 5.74) is 7.94. The first-order chi connectivity index (χ1) is 9.20. The topological polar surface area (TPSA) is 70.9 Å². The second-order valence-electron chi connectivity index (χ2n) is 4.49. The molecule has 19 heavy (non-hydrogen) atoms. The summed E-state index contributed by atoms with van der Waals surface area (Å²) < 4.78 is 0. The number of hydrogen-bond donors (Lipinski definition) is 3. The molecule has 0 radical (unpaired) electrons. The van der Waals surface area contributed by atoms with Gasteiger partial charge in [0.1, 0.15) is 5.69 Å². The summed E-state index contributed by atoms with van der Waals surface area (Å²) in [7, 11) is 0. The van der Waals surface area contributed by atoms with Crippen molar-refractivity contribution >= 4 is 34.3 Å². The highest BCUT2D eigenvalue weighted by molar-refractivity contribution is 7.98. The molecule has 4 nitrogen and oxygen atoms in total. The maximum absolute atomic E-state index is 12.0. The lowest BCUT2D eigenvalue weighted by molar-refractivity contribution is 0.0949. The number of nitrogens with two attached hydrogens (primary N) is 1. The first-order valence-electron chi connectivity index (χ1n) is 6.36. The zero-order valence-corrected chi connectivity index (χ0v) is 11.8. The van der Waals surface area contributed by atoms with Crippen LogP contribution in [0.4, 0.5) is 5.69 Å². The van der Waals surface area contributed by atoms with Crippen LogP contribution in [-0.4, -0.2) is 29.4 Å². The van der Waals surface area contributed by atoms with Crippen LogP contribution >= 0.6 is 11.8 Å². The minimum absolute atomic E-state index is 0.0566. The third-order valence-corrected chi connectivity index (χ3v) is 3.65. The zero-order valence-electron chi connectivity index (χ0n) is 11.0. The molecule has 0 saturated heterocycles. The number of hydrogen-bond acceptors (Lipinski definition) is 3. The van der Waals surface area contributed by atoms with Gasteiger partial charge in [0.25, 0.3) is 5.91 Å². The van der Waals surface area contributed by atoms with Crippen molar-refractivity contribution < 1.29 is 4.79 Å². The van der Waals surface area contributed by atoms with E-state index in [1.165, 1.54) is 0 Å². The molecule has 0 spiro atoms. The Morgan fingerprint density at radius 1 is 1.37 bits per heavy atom. The Hall–Kier alpha value is -1.62. The molecule has 0 aliphatic heterocycles. The van der Waals surface area contributed by atoms with E-state index in [0.29, 0.717) is 11.4 Å². The molecule has 0 bridgehead atoms. The number of H-pyrrole nitrogens is 1. The molecule has 1 heterocycles. The average Bonchev–Trinajstić information content (AvgIpc) is 2.81. The van der Waals surface area contributed by atoms with Crippen LogP contribution in [0.3, 0.4) is 0 Å². The molecule has 2 rings (SSSR count). The lowest BCUT2D eigenvalue weighted by Crippen LogP contribution is -2.24. The van der Waals surface area contributed by atoms with Crippen molar-refractivity contribution in [1.82, 2.24) is 10.3 Å². The fourth-order valence-electron chi connectivity index (χ4n) is 1.94. The molecule has 0 saturated carbocycles. The maximum Gasteiger partial charge on any atom is 0.267 e. The first kappa shape index (κ1) is 13.8. The normalized spacial score (nSPS) is 10.8. The van der Waals surface area contributed by atoms with Gasteiger partial charge < -0.3 is 16.0 Å². The van der Waals surface area contributed by atoms with Crippen LogP contribution in [0.25, 0.3) is 10.9 Å². The van der Waals surface area contributed by atoms with E-state index < -0.39 is 0 Å². The minimum atomic E-state index is -0.0566. The summed E-state index contributed by atoms with van der Waals surface area (Å²) in [4.78, 5) is 15.1. The fourth-order valence-corrected chi connectivity index (χ4v) is 2.43. The number of carbonyl (C=O) groups is 1. The van der Waals surface area contributed by atoms with Gasteiger partial charge in [0.2, 0.25) is 0 Å². The quantitative estimate of drug-likeness (QED) is 0.561. The highest BCUT2D eigenvalue weighted by Gasteiger charge is 2.08. The maximum atomic E-state index is 12.0. The number of aromatic amines is 1. The summed E-state index contributed by atoms with van der Waals surface area (Å²) in [6, 6.07) is 7.41. The van der Waals surface area contributed by atoms with E-state index in [-0.39, 0.29) is 5.91 Å². The van der Waals surface area contributed by atoms with Gasteiger partial charge in [-0.3, -0.25) is 4.79 Å². The van der Waals surface area contributed by atoms with Crippen molar-refractivity contribution in [2.45, 2.75) is 12.8 Å². The average molecular weight is 277 g/mol. The molecular weight excluding hydrogens is 258 g/mol. The first-order valence-corrected chi connectivity index (χ1v) is 7.75. The monoisotopic (exact) mass is 277 g/mol. The highest BCUT2D eigenvalue weighted by atomic mass is 32.2. The SMILES string of the molecule is CSCCCCNC(=O)c1cc2cc(N)ccc2[nH]1. The Bertz CT molecular complexity index is 565. The third kappa shape index (κ3) is 3.67. The van der Waals surface area contributed by atoms with Gasteiger partial charge >= 0.3 is 0 Å². The molecular formula is C14H19N3OS. The Morgan fingerprint density at radius 2 is 2.21 bits per heavy atom. The molecule has 1 aromatic carbocycles. The number of thioether (sulfide) groups is 1. The van der Waals surface area contributed by atoms with Crippen molar-refractivity contribution in [3.63, 3.8) is 0 Å². The molecule has 1 aromatic heterocycles. The van der Waals surface area contributed by atoms with E-state index >= 15 is 0 Å². The molecule has 4 N–H and O–H groups in total. The predicted octanol–water partition coefficient (Wildman–Crippen LogP) is 2.62. The number of unbranched alkanes of at least 4 members (excludes halogenated alkanes) is 1. The number of nitrogen functional groups attached to an aromatic ring is 1. The number of aromatic nitrogens is 1. The second-order valence-corrected chi connectivity index (χ2v) is 5.47. The van der Waals surface area contributed by atoms with Gasteiger partial charge in [0.05, 0.1) is 0 Å². The van der Waals surface area contributed by atoms with Crippen LogP contribution in [0, 0.1) is 0 Å². The lowest BCUT2D eigenvalue weighted by Gasteiger charge is -2.02. The summed E-state index contributed by atoms with van der Waals surface area (Å²) in [6.07, 6.45) is 4.24. The van der Waals surface area contributed by atoms with E-state index in [9.17, 15) is 4.79 Å². The number of amides is 1. The smallest absolute Gasteiger partial charge is 0.267 e. The number of carbonyl (C=O) groups excluding carboxylic acids is 1. The van der Waals surface area contributed by atoms with E-state index in [1.54, 1.807) is 0 Å². The third-order valence-electron chi connectivity index (χ3n) is 2.95. The minimum Gasteiger partial charge on any atom is -0.399 e. The second kappa shape index (κ2) is 6.52. The Morgan fingerprint density at radius 3 is 3.00 bits per heavy atom. The van der Waals surface area contributed by atoms with Crippen LogP contribution in [-0.2, 0) is 0 Å². The predicted molar refractivity (Wildman–Crippen MR) is 82.7 cm³/mol. The molecule has 5 heteroatoms. The van der Waals surface area contributed by atoms with Gasteiger partial charge in [-0.05, 0) is 49.1 Å². The summed E-state index contributed by atoms with van der Waals surface area (Å²) in [5, 5.41) is 3.89. The van der Waals surface area contributed by atoms with E-state index in [1.807, 2.05) is 36.0 Å². The van der Waals surface area contributed by atoms with E-state index in [2.05, 4.69) is 16.6 Å². The van der Waals surface area contributed by atoms with Crippen molar-refractivity contribution in [3.05, 3.63) is 30.0 Å². The highest BCUT2D eigenvalue weighted by Crippen LogP contribution is 2.18. The van der Waals surface area contributed by atoms with Crippen molar-refractivity contribution in [2.24, 2.45) is 0 Å². The van der Waals surface area contributed by atoms with Crippen LogP contribution in [0.15, 0.2) is 24.3 Å². The fraction of sp³-hybridized carbons (Fsp3) is 0.357. The van der Waals surface area contributed by atoms with Crippen LogP contribution < -0.4 is 11.1 Å². The van der Waals surface area contributed by atoms with E-state index in [4.69, 9.17) is 5.73 Å². The van der Waals surface area contributed by atoms with Gasteiger partial charge in [0.15, 0.2) is 0 Å². The van der Waals surface area contributed by atoms with Gasteiger partial charge in [-0.25, -0.2) is 0 Å². The molecule has 1 amide bonds. The number of nitrogens with one attached hydrogen (secondary N) is 2. The molecule has 0 aliphatic carbocycles. The molecule has 2 aromatic rings. The zero-order chi connectivity index (χ0) is 13.7. The van der Waals surface area contributed by atoms with Crippen molar-refractivity contribution in [3.8, 4) is 0 Å². The summed E-state index contributed by atoms with van der Waals surface area (Å²) >= 11 is 1.83. The van der Waals surface area contributed by atoms with Gasteiger partial charge in [-0.2, -0.15) is 11.8 Å². The number of fused-ring (bicyclic) bond motifs is 1. The standard InChI is InChI=1S/C14H19N3OS/c1-19-7-3-2-6-16-14(18)13-9-10-8-11(15)4-5-12(10)17-13/h4-5,8-9,17H,2-3,6-7,15H2,1H3,(H,16,18). The van der Waals surface area contributed by atoms with Crippen LogP contribution in [0.1, 0.15) is 23.3 Å². The largest absolute Gasteiger partial charge is 0.399 e. The Labute approximate surface area is 117 Å². The summed E-state index contributed by atoms with van der Waals surface area (Å²) in [6.45, 7) is 0.719. The van der Waals surface area contributed by atoms with Crippen molar-refractivity contribution in [2.75, 3.05) is 24.3 Å². The van der Waals surface area contributed by atoms with E-state index in [0.717, 1.165) is 36.0 Å². The molecule has 0 fully saturated rings. The van der Waals surface area contributed by atoms with Crippen LogP contribution in [0.2, 0.25) is 0 Å². The van der Waals surface area contributed by atoms with Crippen molar-refractivity contribution in [1.29, 1.82) is 0 Å². The molecule has 0 unspecified atom stereocenters. The van der Waals surface area contributed by atoms with Gasteiger partial charge in [0, 0.05) is 23.1 Å². The summed E-state index contributed by atoms with van der Waals surface area (Å²) in [5.74, 6) is 1.08. The number of rotatable bonds is 6. The number of anilines is 1. The molecule has 102 valence electrons. The van der Waals surface area contributed by atoms with Gasteiger partial charge in [-0.15, -0.1) is 0 Å². The van der Waals surface area contributed by atoms with Crippen LogP contribution in [0.5, 0.6) is 0 Å². The number of benzene rings is 1. The molecule has 0 aliphatic rings. The Balaban J connectivity index is 1.94.